The Bertz CT molecular complexity index is 1130. The number of nitrogens with zero attached hydrogens (tertiary/aromatic N) is 2. The molecule has 7 heteroatoms. The minimum Gasteiger partial charge on any atom is -0.474 e. The van der Waals surface area contributed by atoms with E-state index in [4.69, 9.17) is 10.5 Å². The van der Waals surface area contributed by atoms with Gasteiger partial charge in [-0.15, -0.1) is 0 Å². The van der Waals surface area contributed by atoms with Crippen LogP contribution in [0.15, 0.2) is 54.9 Å². The van der Waals surface area contributed by atoms with E-state index in [9.17, 15) is 9.59 Å². The van der Waals surface area contributed by atoms with Crippen molar-refractivity contribution in [3.8, 4) is 5.88 Å². The summed E-state index contributed by atoms with van der Waals surface area (Å²) in [6.07, 6.45) is 6.99. The van der Waals surface area contributed by atoms with E-state index in [1.165, 1.54) is 0 Å². The summed E-state index contributed by atoms with van der Waals surface area (Å²) in [6.45, 7) is 0. The third-order valence-electron chi connectivity index (χ3n) is 6.19. The molecule has 0 bridgehead atoms. The maximum atomic E-state index is 12.6. The molecule has 0 radical (unpaired) electrons. The summed E-state index contributed by atoms with van der Waals surface area (Å²) in [5, 5.41) is 5.12. The van der Waals surface area contributed by atoms with Crippen molar-refractivity contribution in [3.63, 3.8) is 0 Å². The summed E-state index contributed by atoms with van der Waals surface area (Å²) >= 11 is 0. The van der Waals surface area contributed by atoms with Gasteiger partial charge in [0.2, 0.25) is 5.88 Å². The number of rotatable bonds is 5. The fourth-order valence-corrected chi connectivity index (χ4v) is 4.71. The van der Waals surface area contributed by atoms with Crippen molar-refractivity contribution in [2.45, 2.75) is 37.8 Å². The van der Waals surface area contributed by atoms with E-state index >= 15 is 0 Å². The molecule has 0 unspecified atom stereocenters. The first-order chi connectivity index (χ1) is 14.5. The summed E-state index contributed by atoms with van der Waals surface area (Å²) in [7, 11) is 0. The van der Waals surface area contributed by atoms with Crippen LogP contribution < -0.4 is 15.8 Å². The van der Waals surface area contributed by atoms with Crippen LogP contribution in [-0.4, -0.2) is 33.9 Å². The lowest BCUT2D eigenvalue weighted by atomic mass is 9.53. The Morgan fingerprint density at radius 2 is 1.80 bits per heavy atom. The summed E-state index contributed by atoms with van der Waals surface area (Å²) in [6, 6.07) is 13.1. The Morgan fingerprint density at radius 3 is 2.57 bits per heavy atom. The second kappa shape index (κ2) is 7.09. The van der Waals surface area contributed by atoms with Crippen LogP contribution in [0.25, 0.3) is 10.8 Å². The van der Waals surface area contributed by atoms with Crippen LogP contribution in [0.2, 0.25) is 0 Å². The van der Waals surface area contributed by atoms with Gasteiger partial charge in [0.1, 0.15) is 17.4 Å². The van der Waals surface area contributed by atoms with Gasteiger partial charge in [-0.05, 0) is 54.7 Å². The zero-order valence-electron chi connectivity index (χ0n) is 16.4. The SMILES string of the molecule is NC(=O)c1cccnc1OC1CC2(CC(NC(=O)c3cc4ccccc4cn3)C2)C1. The van der Waals surface area contributed by atoms with Gasteiger partial charge in [0.05, 0.1) is 0 Å². The molecule has 2 amide bonds. The number of benzene rings is 1. The fraction of sp³-hybridized carbons (Fsp3) is 0.304. The number of ether oxygens (including phenoxy) is 1. The van der Waals surface area contributed by atoms with Crippen LogP contribution in [0.3, 0.4) is 0 Å². The fourth-order valence-electron chi connectivity index (χ4n) is 4.71. The normalized spacial score (nSPS) is 24.7. The zero-order valence-corrected chi connectivity index (χ0v) is 16.4. The number of nitrogens with one attached hydrogen (secondary N) is 1. The Labute approximate surface area is 173 Å². The number of primary amides is 1. The van der Waals surface area contributed by atoms with Gasteiger partial charge in [-0.2, -0.15) is 0 Å². The highest BCUT2D eigenvalue weighted by Gasteiger charge is 2.54. The summed E-state index contributed by atoms with van der Waals surface area (Å²) in [5.41, 5.74) is 6.34. The lowest BCUT2D eigenvalue weighted by Crippen LogP contribution is -2.58. The largest absolute Gasteiger partial charge is 0.474 e. The predicted molar refractivity (Wildman–Crippen MR) is 111 cm³/mol. The molecule has 3 N–H and O–H groups in total. The van der Waals surface area contributed by atoms with Crippen LogP contribution in [0.5, 0.6) is 5.88 Å². The number of amides is 2. The second-order valence-electron chi connectivity index (χ2n) is 8.36. The molecule has 2 aromatic heterocycles. The van der Waals surface area contributed by atoms with Gasteiger partial charge in [-0.1, -0.05) is 24.3 Å². The molecule has 2 fully saturated rings. The summed E-state index contributed by atoms with van der Waals surface area (Å²) in [4.78, 5) is 32.5. The molecule has 30 heavy (non-hydrogen) atoms. The van der Waals surface area contributed by atoms with Crippen molar-refractivity contribution in [3.05, 3.63) is 66.1 Å². The van der Waals surface area contributed by atoms with Gasteiger partial charge < -0.3 is 15.8 Å². The molecule has 5 rings (SSSR count). The first-order valence-electron chi connectivity index (χ1n) is 10.1. The van der Waals surface area contributed by atoms with Crippen LogP contribution in [0, 0.1) is 5.41 Å². The zero-order chi connectivity index (χ0) is 20.7. The van der Waals surface area contributed by atoms with E-state index in [2.05, 4.69) is 15.3 Å². The third kappa shape index (κ3) is 3.36. The highest BCUT2D eigenvalue weighted by Crippen LogP contribution is 2.56. The van der Waals surface area contributed by atoms with E-state index in [0.717, 1.165) is 36.5 Å². The summed E-state index contributed by atoms with van der Waals surface area (Å²) in [5.74, 6) is -0.371. The number of carbonyl (C=O) groups is 2. The Hall–Kier alpha value is -3.48. The van der Waals surface area contributed by atoms with E-state index in [1.807, 2.05) is 30.3 Å². The van der Waals surface area contributed by atoms with Crippen molar-refractivity contribution >= 4 is 22.6 Å². The maximum absolute atomic E-state index is 12.6. The predicted octanol–water partition coefficient (Wildman–Crippen LogP) is 2.85. The number of hydrogen-bond donors (Lipinski definition) is 2. The number of nitrogens with two attached hydrogens (primary N) is 1. The molecular weight excluding hydrogens is 380 g/mol. The van der Waals surface area contributed by atoms with Gasteiger partial charge in [0.15, 0.2) is 0 Å². The van der Waals surface area contributed by atoms with Crippen molar-refractivity contribution in [2.75, 3.05) is 0 Å². The van der Waals surface area contributed by atoms with Gasteiger partial charge in [0.25, 0.3) is 11.8 Å². The lowest BCUT2D eigenvalue weighted by Gasteiger charge is -2.57. The number of pyridine rings is 2. The Balaban J connectivity index is 1.14. The van der Waals surface area contributed by atoms with Crippen molar-refractivity contribution in [1.29, 1.82) is 0 Å². The molecule has 2 aliphatic carbocycles. The quantitative estimate of drug-likeness (QED) is 0.682. The standard InChI is InChI=1S/C23H22N4O3/c24-20(28)18-6-3-7-25-22(18)30-17-11-23(12-17)9-16(10-23)27-21(29)19-8-14-4-1-2-5-15(14)13-26-19/h1-8,13,16-17H,9-12H2,(H2,24,28)(H,27,29). The smallest absolute Gasteiger partial charge is 0.270 e. The topological polar surface area (TPSA) is 107 Å². The van der Waals surface area contributed by atoms with Gasteiger partial charge in [-0.25, -0.2) is 4.98 Å². The average Bonchev–Trinajstić information content (AvgIpc) is 2.70. The molecular formula is C23H22N4O3. The molecule has 0 atom stereocenters. The minimum atomic E-state index is -0.541. The van der Waals surface area contributed by atoms with Gasteiger partial charge >= 0.3 is 0 Å². The molecule has 2 saturated carbocycles. The highest BCUT2D eigenvalue weighted by molar-refractivity contribution is 5.96. The van der Waals surface area contributed by atoms with E-state index < -0.39 is 5.91 Å². The molecule has 7 nitrogen and oxygen atoms in total. The first kappa shape index (κ1) is 18.5. The van der Waals surface area contributed by atoms with Gasteiger partial charge in [0, 0.05) is 23.8 Å². The third-order valence-corrected chi connectivity index (χ3v) is 6.19. The number of carbonyl (C=O) groups excluding carboxylic acids is 2. The molecule has 152 valence electrons. The highest BCUT2D eigenvalue weighted by atomic mass is 16.5. The van der Waals surface area contributed by atoms with Crippen molar-refractivity contribution in [2.24, 2.45) is 11.1 Å². The number of aromatic nitrogens is 2. The van der Waals surface area contributed by atoms with Crippen LogP contribution in [0.1, 0.15) is 46.5 Å². The van der Waals surface area contributed by atoms with Crippen molar-refractivity contribution < 1.29 is 14.3 Å². The van der Waals surface area contributed by atoms with E-state index in [0.29, 0.717) is 17.1 Å². The van der Waals surface area contributed by atoms with E-state index in [-0.39, 0.29) is 23.5 Å². The molecule has 3 aromatic rings. The molecule has 1 spiro atoms. The van der Waals surface area contributed by atoms with Crippen LogP contribution in [0.4, 0.5) is 0 Å². The minimum absolute atomic E-state index is 0.0248. The number of fused-ring (bicyclic) bond motifs is 1. The first-order valence-corrected chi connectivity index (χ1v) is 10.1. The van der Waals surface area contributed by atoms with Crippen LogP contribution >= 0.6 is 0 Å². The van der Waals surface area contributed by atoms with Gasteiger partial charge in [-0.3, -0.25) is 14.6 Å². The monoisotopic (exact) mass is 402 g/mol. The van der Waals surface area contributed by atoms with Crippen molar-refractivity contribution in [1.82, 2.24) is 15.3 Å². The Morgan fingerprint density at radius 1 is 1.03 bits per heavy atom. The second-order valence-corrected chi connectivity index (χ2v) is 8.36. The average molecular weight is 402 g/mol. The Kier molecular flexibility index (Phi) is 4.38. The maximum Gasteiger partial charge on any atom is 0.270 e. The molecule has 1 aromatic carbocycles. The molecule has 2 aliphatic rings. The number of hydrogen-bond acceptors (Lipinski definition) is 5. The summed E-state index contributed by atoms with van der Waals surface area (Å²) < 4.78 is 5.89. The van der Waals surface area contributed by atoms with Crippen LogP contribution in [-0.2, 0) is 0 Å². The molecule has 0 saturated heterocycles. The molecule has 0 aliphatic heterocycles. The van der Waals surface area contributed by atoms with E-state index in [1.54, 1.807) is 24.5 Å². The molecule has 2 heterocycles. The lowest BCUT2D eigenvalue weighted by molar-refractivity contribution is -0.0848.